The number of hydrogen-bond acceptors (Lipinski definition) is 2. The second kappa shape index (κ2) is 12.6. The Morgan fingerprint density at radius 1 is 0.581 bits per heavy atom. The van der Waals surface area contributed by atoms with Gasteiger partial charge in [-0.15, -0.1) is 44.2 Å². The van der Waals surface area contributed by atoms with Crippen molar-refractivity contribution in [3.05, 3.63) is 88.0 Å². The largest absolute Gasteiger partial charge is 0.657 e. The van der Waals surface area contributed by atoms with E-state index in [9.17, 15) is 19.8 Å². The molecule has 0 fully saturated rings. The smallest absolute Gasteiger partial charge is 0.303 e. The molecule has 2 N–H and O–H groups in total. The Morgan fingerprint density at radius 2 is 1.02 bits per heavy atom. The molecule has 43 heavy (non-hydrogen) atoms. The summed E-state index contributed by atoms with van der Waals surface area (Å²) in [4.78, 5) is 42.9. The number of hydrogen-bond donors (Lipinski definition) is 2. The molecule has 4 aromatic heterocycles. The molecule has 0 atom stereocenters. The molecule has 8 nitrogen and oxygen atoms in total. The van der Waals surface area contributed by atoms with Crippen molar-refractivity contribution in [2.75, 3.05) is 0 Å². The van der Waals surface area contributed by atoms with Crippen LogP contribution in [0.2, 0.25) is 0 Å². The normalized spacial score (nSPS) is 16.2. The van der Waals surface area contributed by atoms with Crippen molar-refractivity contribution in [2.45, 2.75) is 67.2 Å². The molecule has 5 heterocycles. The average molecular weight is 628 g/mol. The molecule has 0 amide bonds. The van der Waals surface area contributed by atoms with E-state index in [0.29, 0.717) is 23.9 Å². The fraction of sp³-hybridized carbons (Fsp3) is 0.294. The molecule has 1 aliphatic heterocycles. The minimum Gasteiger partial charge on any atom is -0.657 e. The first-order valence-corrected chi connectivity index (χ1v) is 14.1. The predicted octanol–water partition coefficient (Wildman–Crippen LogP) is 0.0104. The Labute approximate surface area is 262 Å². The van der Waals surface area contributed by atoms with Crippen molar-refractivity contribution >= 4 is 48.4 Å². The number of aliphatic carboxylic acids is 2. The summed E-state index contributed by atoms with van der Waals surface area (Å²) in [5, 5.41) is 23.9. The van der Waals surface area contributed by atoms with E-state index >= 15 is 0 Å². The number of carboxylic acid groups (broad SMARTS) is 2. The molecular weight excluding hydrogens is 594 g/mol. The van der Waals surface area contributed by atoms with E-state index in [0.717, 1.165) is 76.9 Å². The van der Waals surface area contributed by atoms with E-state index in [1.54, 1.807) is 0 Å². The molecule has 0 aromatic carbocycles. The Bertz CT molecular complexity index is 2120. The fourth-order valence-electron chi connectivity index (χ4n) is 5.83. The Hall–Kier alpha value is -4.10. The van der Waals surface area contributed by atoms with Gasteiger partial charge in [-0.05, 0) is 64.8 Å². The summed E-state index contributed by atoms with van der Waals surface area (Å²) in [6.07, 6.45) is 12.4. The van der Waals surface area contributed by atoms with Crippen molar-refractivity contribution < 1.29 is 39.3 Å². The molecule has 0 saturated heterocycles. The van der Waals surface area contributed by atoms with Crippen LogP contribution in [0.4, 0.5) is 0 Å². The summed E-state index contributed by atoms with van der Waals surface area (Å²) in [6, 6.07) is 0. The quantitative estimate of drug-likeness (QED) is 0.252. The van der Waals surface area contributed by atoms with E-state index in [2.05, 4.69) is 13.0 Å². The van der Waals surface area contributed by atoms with Gasteiger partial charge in [-0.2, -0.15) is 0 Å². The third-order valence-corrected chi connectivity index (χ3v) is 8.23. The monoisotopic (exact) mass is 626 g/mol. The van der Waals surface area contributed by atoms with Crippen molar-refractivity contribution in [1.29, 1.82) is 0 Å². The number of aromatic nitrogens is 4. The van der Waals surface area contributed by atoms with Crippen LogP contribution in [0, 0.1) is 27.7 Å². The zero-order chi connectivity index (χ0) is 30.3. The van der Waals surface area contributed by atoms with Crippen LogP contribution in [-0.4, -0.2) is 22.2 Å². The molecule has 1 aliphatic rings. The van der Waals surface area contributed by atoms with Gasteiger partial charge < -0.3 is 30.1 Å². The summed E-state index contributed by atoms with van der Waals surface area (Å²) < 4.78 is 0. The second-order valence-electron chi connectivity index (χ2n) is 10.8. The van der Waals surface area contributed by atoms with Crippen LogP contribution in [0.5, 0.6) is 0 Å². The molecular formula is C34H34N4O4Zn-4. The van der Waals surface area contributed by atoms with E-state index in [4.69, 9.17) is 19.9 Å². The third kappa shape index (κ3) is 6.05. The van der Waals surface area contributed by atoms with Gasteiger partial charge in [0.1, 0.15) is 0 Å². The number of nitrogens with zero attached hydrogens (tertiary/aromatic N) is 4. The zero-order valence-electron chi connectivity index (χ0n) is 25.5. The first-order valence-electron chi connectivity index (χ1n) is 14.1. The summed E-state index contributed by atoms with van der Waals surface area (Å²) in [5.74, 6) is -1.77. The summed E-state index contributed by atoms with van der Waals surface area (Å²) in [6.45, 7) is 12.0. The summed E-state index contributed by atoms with van der Waals surface area (Å²) in [7, 11) is 0. The van der Waals surface area contributed by atoms with Crippen LogP contribution in [0.3, 0.4) is 0 Å². The van der Waals surface area contributed by atoms with Crippen molar-refractivity contribution in [3.8, 4) is 0 Å². The zero-order valence-corrected chi connectivity index (χ0v) is 28.5. The number of carboxylic acids is 2. The molecule has 0 saturated carbocycles. The van der Waals surface area contributed by atoms with Gasteiger partial charge in [0, 0.05) is 32.3 Å². The fourth-order valence-corrected chi connectivity index (χ4v) is 5.83. The molecule has 9 heteroatoms. The first-order chi connectivity index (χ1) is 20.0. The summed E-state index contributed by atoms with van der Waals surface area (Å²) >= 11 is 0. The van der Waals surface area contributed by atoms with Crippen LogP contribution < -0.4 is 51.8 Å². The van der Waals surface area contributed by atoms with E-state index in [1.165, 1.54) is 0 Å². The standard InChI is InChI=1S/C34H34N4O4.Zn/c1-7-21-17(3)25-13-26-19(5)23(9-11-33(39)40)31(37-26)16-32-24(10-12-34(41)42)20(6)28(38-32)15-30-22(8-2)18(4)27(36-30)14-29(21)35-25;/h7-8,13-16H,9-12H2,1-6H3,(H,39,40)(H,41,42);/q-4;/b21-7+,22-8+,26-13-,29-14-,30-15-,31-16-;. The SMILES string of the molecule is C/C=c1\c(C)c2[n-]\c1=C/c1[n-]c(c(CCC(=O)O)c1C)/C=c1\[n-]/c(c(C)c1CCC(=O)O)=C\c1[n-]c(/c(=C/C)c1C)=C\2.[Zn]. The maximum atomic E-state index is 11.5. The number of fused-ring (bicyclic) bond motifs is 8. The topological polar surface area (TPSA) is 131 Å². The molecule has 8 bridgehead atoms. The Balaban J connectivity index is 0.00000423. The van der Waals surface area contributed by atoms with E-state index in [-0.39, 0.29) is 32.3 Å². The molecule has 0 unspecified atom stereocenters. The Morgan fingerprint density at radius 3 is 1.51 bits per heavy atom. The van der Waals surface area contributed by atoms with Crippen LogP contribution in [0.15, 0.2) is 0 Å². The van der Waals surface area contributed by atoms with Crippen molar-refractivity contribution in [1.82, 2.24) is 19.9 Å². The number of rotatable bonds is 6. The first kappa shape index (κ1) is 31.8. The van der Waals surface area contributed by atoms with Gasteiger partial charge in [0.15, 0.2) is 0 Å². The second-order valence-corrected chi connectivity index (χ2v) is 10.8. The maximum Gasteiger partial charge on any atom is 0.303 e. The molecule has 0 aliphatic carbocycles. The molecule has 0 radical (unpaired) electrons. The maximum absolute atomic E-state index is 11.5. The Kier molecular flexibility index (Phi) is 9.36. The van der Waals surface area contributed by atoms with E-state index < -0.39 is 11.9 Å². The van der Waals surface area contributed by atoms with Gasteiger partial charge in [0.05, 0.1) is 0 Å². The van der Waals surface area contributed by atoms with Crippen LogP contribution in [0.1, 0.15) is 82.8 Å². The minimum atomic E-state index is -0.886. The van der Waals surface area contributed by atoms with Gasteiger partial charge in [0.2, 0.25) is 0 Å². The minimum absolute atomic E-state index is 0. The van der Waals surface area contributed by atoms with Gasteiger partial charge in [-0.3, -0.25) is 9.59 Å². The van der Waals surface area contributed by atoms with Gasteiger partial charge in [-0.1, -0.05) is 69.8 Å². The van der Waals surface area contributed by atoms with Crippen LogP contribution in [0.25, 0.3) is 36.5 Å². The molecule has 5 rings (SSSR count). The van der Waals surface area contributed by atoms with Crippen LogP contribution in [-0.2, 0) is 41.9 Å². The molecule has 220 valence electrons. The van der Waals surface area contributed by atoms with Crippen molar-refractivity contribution in [3.63, 3.8) is 0 Å². The van der Waals surface area contributed by atoms with Crippen LogP contribution >= 0.6 is 0 Å². The third-order valence-electron chi connectivity index (χ3n) is 8.23. The number of carbonyl (C=O) groups is 2. The predicted molar refractivity (Wildman–Crippen MR) is 162 cm³/mol. The van der Waals surface area contributed by atoms with Gasteiger partial charge in [0.25, 0.3) is 0 Å². The van der Waals surface area contributed by atoms with Crippen molar-refractivity contribution in [2.24, 2.45) is 0 Å². The van der Waals surface area contributed by atoms with E-state index in [1.807, 2.05) is 65.0 Å². The average Bonchev–Trinajstić information content (AvgIpc) is 3.59. The molecule has 4 aromatic rings. The summed E-state index contributed by atoms with van der Waals surface area (Å²) in [5.41, 5.74) is 8.51. The van der Waals surface area contributed by atoms with Gasteiger partial charge >= 0.3 is 11.9 Å². The van der Waals surface area contributed by atoms with Gasteiger partial charge in [-0.25, -0.2) is 0 Å². The molecule has 0 spiro atoms.